The number of carbonyl (C=O) groups is 2. The monoisotopic (exact) mass is 461 g/mol. The van der Waals surface area contributed by atoms with Gasteiger partial charge in [-0.1, -0.05) is 60.9 Å². The summed E-state index contributed by atoms with van der Waals surface area (Å²) in [6.45, 7) is 8.82. The molecular formula is C22H28BrN3O3. The van der Waals surface area contributed by atoms with Gasteiger partial charge in [0.05, 0.1) is 0 Å². The number of nitrogens with one attached hydrogen (secondary N) is 1. The lowest BCUT2D eigenvalue weighted by molar-refractivity contribution is -0.130. The standard InChI is InChI=1S/C22H28BrN3O3/c1-13(2)9-17-12-26(19(10-14(3)4)21(27)24-17)22(28)18-11-20(29-25-18)15-5-7-16(23)8-6-15/h5-8,11,13-14,17,19H,9-10,12H2,1-4H3,(H,24,27)/t17-,19-/m0/s1. The zero-order valence-corrected chi connectivity index (χ0v) is 18.9. The Hall–Kier alpha value is -2.15. The fourth-order valence-corrected chi connectivity index (χ4v) is 3.99. The molecule has 2 aromatic rings. The highest BCUT2D eigenvalue weighted by atomic mass is 79.9. The molecular weight excluding hydrogens is 434 g/mol. The second-order valence-electron chi connectivity index (χ2n) is 8.52. The number of piperazine rings is 1. The van der Waals surface area contributed by atoms with E-state index in [0.717, 1.165) is 16.5 Å². The fraction of sp³-hybridized carbons (Fsp3) is 0.500. The van der Waals surface area contributed by atoms with Crippen molar-refractivity contribution in [1.82, 2.24) is 15.4 Å². The molecule has 0 radical (unpaired) electrons. The van der Waals surface area contributed by atoms with Crippen molar-refractivity contribution in [2.75, 3.05) is 6.54 Å². The molecule has 0 aliphatic carbocycles. The van der Waals surface area contributed by atoms with Crippen molar-refractivity contribution in [1.29, 1.82) is 0 Å². The van der Waals surface area contributed by atoms with Crippen LogP contribution in [-0.2, 0) is 4.79 Å². The smallest absolute Gasteiger partial charge is 0.276 e. The van der Waals surface area contributed by atoms with E-state index >= 15 is 0 Å². The summed E-state index contributed by atoms with van der Waals surface area (Å²) in [5.74, 6) is 0.904. The third-order valence-corrected chi connectivity index (χ3v) is 5.54. The molecule has 2 amide bonds. The topological polar surface area (TPSA) is 75.4 Å². The van der Waals surface area contributed by atoms with Gasteiger partial charge in [0.25, 0.3) is 5.91 Å². The van der Waals surface area contributed by atoms with Crippen molar-refractivity contribution in [2.45, 2.75) is 52.6 Å². The normalized spacial score (nSPS) is 19.7. The van der Waals surface area contributed by atoms with Crippen LogP contribution in [-0.4, -0.2) is 40.5 Å². The van der Waals surface area contributed by atoms with Gasteiger partial charge in [-0.2, -0.15) is 0 Å². The lowest BCUT2D eigenvalue weighted by Gasteiger charge is -2.40. The summed E-state index contributed by atoms with van der Waals surface area (Å²) in [5, 5.41) is 7.10. The number of amides is 2. The molecule has 2 heterocycles. The summed E-state index contributed by atoms with van der Waals surface area (Å²) in [5.41, 5.74) is 1.07. The number of carbonyl (C=O) groups excluding carboxylic acids is 2. The Labute approximate surface area is 180 Å². The van der Waals surface area contributed by atoms with Gasteiger partial charge in [-0.15, -0.1) is 0 Å². The maximum absolute atomic E-state index is 13.3. The largest absolute Gasteiger partial charge is 0.355 e. The minimum Gasteiger partial charge on any atom is -0.355 e. The Balaban J connectivity index is 1.85. The minimum atomic E-state index is -0.487. The van der Waals surface area contributed by atoms with Crippen molar-refractivity contribution in [2.24, 2.45) is 11.8 Å². The number of benzene rings is 1. The van der Waals surface area contributed by atoms with Crippen LogP contribution in [0.3, 0.4) is 0 Å². The molecule has 6 nitrogen and oxygen atoms in total. The molecule has 0 unspecified atom stereocenters. The molecule has 156 valence electrons. The van der Waals surface area contributed by atoms with Crippen LogP contribution in [0.5, 0.6) is 0 Å². The van der Waals surface area contributed by atoms with Crippen molar-refractivity contribution in [3.05, 3.63) is 40.5 Å². The van der Waals surface area contributed by atoms with E-state index < -0.39 is 6.04 Å². The van der Waals surface area contributed by atoms with Gasteiger partial charge >= 0.3 is 0 Å². The van der Waals surface area contributed by atoms with E-state index in [9.17, 15) is 9.59 Å². The molecule has 0 saturated carbocycles. The first-order valence-corrected chi connectivity index (χ1v) is 10.9. The Morgan fingerprint density at radius 3 is 2.48 bits per heavy atom. The molecule has 1 fully saturated rings. The molecule has 1 N–H and O–H groups in total. The Morgan fingerprint density at radius 2 is 1.86 bits per heavy atom. The molecule has 0 bridgehead atoms. The summed E-state index contributed by atoms with van der Waals surface area (Å²) in [4.78, 5) is 27.7. The van der Waals surface area contributed by atoms with Gasteiger partial charge < -0.3 is 14.7 Å². The number of halogens is 1. The average molecular weight is 462 g/mol. The van der Waals surface area contributed by atoms with E-state index in [2.05, 4.69) is 54.1 Å². The van der Waals surface area contributed by atoms with Crippen LogP contribution >= 0.6 is 15.9 Å². The van der Waals surface area contributed by atoms with Crippen LogP contribution in [0.1, 0.15) is 51.0 Å². The number of hydrogen-bond donors (Lipinski definition) is 1. The summed E-state index contributed by atoms with van der Waals surface area (Å²) < 4.78 is 6.39. The van der Waals surface area contributed by atoms with E-state index in [1.807, 2.05) is 24.3 Å². The number of nitrogens with zero attached hydrogens (tertiary/aromatic N) is 2. The molecule has 0 spiro atoms. The van der Waals surface area contributed by atoms with Gasteiger partial charge in [0.15, 0.2) is 11.5 Å². The van der Waals surface area contributed by atoms with Crippen LogP contribution in [0.15, 0.2) is 39.3 Å². The van der Waals surface area contributed by atoms with Crippen molar-refractivity contribution in [3.8, 4) is 11.3 Å². The maximum atomic E-state index is 13.3. The molecule has 7 heteroatoms. The quantitative estimate of drug-likeness (QED) is 0.686. The molecule has 1 aliphatic rings. The fourth-order valence-electron chi connectivity index (χ4n) is 3.73. The van der Waals surface area contributed by atoms with Gasteiger partial charge in [0, 0.05) is 28.7 Å². The van der Waals surface area contributed by atoms with Gasteiger partial charge in [0.2, 0.25) is 5.91 Å². The number of hydrogen-bond acceptors (Lipinski definition) is 4. The molecule has 29 heavy (non-hydrogen) atoms. The highest BCUT2D eigenvalue weighted by molar-refractivity contribution is 9.10. The second kappa shape index (κ2) is 9.11. The van der Waals surface area contributed by atoms with E-state index in [0.29, 0.717) is 30.6 Å². The lowest BCUT2D eigenvalue weighted by Crippen LogP contribution is -2.62. The molecule has 1 aromatic carbocycles. The van der Waals surface area contributed by atoms with E-state index in [-0.39, 0.29) is 23.6 Å². The number of aromatic nitrogens is 1. The van der Waals surface area contributed by atoms with Crippen molar-refractivity contribution >= 4 is 27.7 Å². The zero-order chi connectivity index (χ0) is 21.1. The minimum absolute atomic E-state index is 0.0484. The van der Waals surface area contributed by atoms with Crippen LogP contribution in [0.25, 0.3) is 11.3 Å². The average Bonchev–Trinajstić information content (AvgIpc) is 3.13. The van der Waals surface area contributed by atoms with Gasteiger partial charge in [-0.3, -0.25) is 9.59 Å². The lowest BCUT2D eigenvalue weighted by atomic mass is 9.94. The third kappa shape index (κ3) is 5.26. The zero-order valence-electron chi connectivity index (χ0n) is 17.3. The molecule has 1 saturated heterocycles. The number of rotatable bonds is 6. The second-order valence-corrected chi connectivity index (χ2v) is 9.44. The summed E-state index contributed by atoms with van der Waals surface area (Å²) in [6.07, 6.45) is 1.44. The molecule has 1 aromatic heterocycles. The summed E-state index contributed by atoms with van der Waals surface area (Å²) in [7, 11) is 0. The van der Waals surface area contributed by atoms with Crippen LogP contribution < -0.4 is 5.32 Å². The predicted octanol–water partition coefficient (Wildman–Crippen LogP) is 4.51. The Kier molecular flexibility index (Phi) is 6.77. The van der Waals surface area contributed by atoms with Crippen LogP contribution in [0.4, 0.5) is 0 Å². The summed E-state index contributed by atoms with van der Waals surface area (Å²) in [6, 6.07) is 8.72. The highest BCUT2D eigenvalue weighted by Gasteiger charge is 2.38. The SMILES string of the molecule is CC(C)C[C@H]1CN(C(=O)c2cc(-c3ccc(Br)cc3)on2)[C@@H](CC(C)C)C(=O)N1. The van der Waals surface area contributed by atoms with Gasteiger partial charge in [0.1, 0.15) is 6.04 Å². The van der Waals surface area contributed by atoms with Crippen molar-refractivity contribution < 1.29 is 14.1 Å². The molecule has 1 aliphatic heterocycles. The molecule has 2 atom stereocenters. The van der Waals surface area contributed by atoms with Crippen LogP contribution in [0, 0.1) is 11.8 Å². The highest BCUT2D eigenvalue weighted by Crippen LogP contribution is 2.25. The van der Waals surface area contributed by atoms with Crippen molar-refractivity contribution in [3.63, 3.8) is 0 Å². The first kappa shape index (κ1) is 21.6. The van der Waals surface area contributed by atoms with Gasteiger partial charge in [-0.05, 0) is 36.8 Å². The third-order valence-electron chi connectivity index (χ3n) is 5.01. The first-order chi connectivity index (χ1) is 13.7. The van der Waals surface area contributed by atoms with E-state index in [1.54, 1.807) is 11.0 Å². The summed E-state index contributed by atoms with van der Waals surface area (Å²) >= 11 is 3.41. The van der Waals surface area contributed by atoms with Crippen LogP contribution in [0.2, 0.25) is 0 Å². The van der Waals surface area contributed by atoms with Gasteiger partial charge in [-0.25, -0.2) is 0 Å². The maximum Gasteiger partial charge on any atom is 0.276 e. The van der Waals surface area contributed by atoms with E-state index in [1.165, 1.54) is 0 Å². The Bertz CT molecular complexity index is 860. The Morgan fingerprint density at radius 1 is 1.21 bits per heavy atom. The molecule has 3 rings (SSSR count). The predicted molar refractivity (Wildman–Crippen MR) is 115 cm³/mol. The first-order valence-electron chi connectivity index (χ1n) is 10.1. The van der Waals surface area contributed by atoms with E-state index in [4.69, 9.17) is 4.52 Å².